The molecule has 2 aromatic heterocycles. The number of nitrogens with zero attached hydrogens (tertiary/aromatic N) is 6. The first kappa shape index (κ1) is 16.9. The van der Waals surface area contributed by atoms with Gasteiger partial charge in [-0.1, -0.05) is 0 Å². The van der Waals surface area contributed by atoms with Crippen LogP contribution in [0.1, 0.15) is 59.3 Å². The summed E-state index contributed by atoms with van der Waals surface area (Å²) in [4.78, 5) is 23.0. The molecule has 2 aliphatic rings. The van der Waals surface area contributed by atoms with Gasteiger partial charge in [0.15, 0.2) is 0 Å². The van der Waals surface area contributed by atoms with E-state index in [9.17, 15) is 4.79 Å². The van der Waals surface area contributed by atoms with Gasteiger partial charge in [0.2, 0.25) is 0 Å². The zero-order valence-corrected chi connectivity index (χ0v) is 15.3. The number of aromatic nitrogens is 5. The molecule has 0 atom stereocenters. The van der Waals surface area contributed by atoms with Crippen molar-refractivity contribution in [2.45, 2.75) is 51.5 Å². The molecule has 0 aliphatic carbocycles. The van der Waals surface area contributed by atoms with Crippen molar-refractivity contribution in [2.75, 3.05) is 20.2 Å². The number of likely N-dealkylation sites (tertiary alicyclic amines) is 1. The number of aryl methyl sites for hydroxylation is 2. The molecule has 1 saturated heterocycles. The molecule has 4 heterocycles. The molecule has 0 bridgehead atoms. The number of rotatable bonds is 3. The first-order chi connectivity index (χ1) is 12.7. The lowest BCUT2D eigenvalue weighted by Gasteiger charge is -2.32. The fourth-order valence-electron chi connectivity index (χ4n) is 3.90. The fourth-order valence-corrected chi connectivity index (χ4v) is 3.90. The van der Waals surface area contributed by atoms with Crippen LogP contribution in [0.15, 0.2) is 6.20 Å². The number of hydrogen-bond donors (Lipinski definition) is 0. The summed E-state index contributed by atoms with van der Waals surface area (Å²) in [6.07, 6.45) is 6.83. The van der Waals surface area contributed by atoms with Crippen LogP contribution in [-0.4, -0.2) is 55.7 Å². The van der Waals surface area contributed by atoms with E-state index >= 15 is 0 Å². The Morgan fingerprint density at radius 1 is 1.19 bits per heavy atom. The Morgan fingerprint density at radius 3 is 2.73 bits per heavy atom. The summed E-state index contributed by atoms with van der Waals surface area (Å²) in [5.41, 5.74) is 1.19. The SMILES string of the molecule is COc1ncc(C(=O)N2CCC(c3nnc4n3CCCC4)CC2)c(C)n1. The van der Waals surface area contributed by atoms with E-state index in [1.54, 1.807) is 6.20 Å². The molecule has 0 unspecified atom stereocenters. The first-order valence-corrected chi connectivity index (χ1v) is 9.26. The Hall–Kier alpha value is -2.51. The van der Waals surface area contributed by atoms with Crippen molar-refractivity contribution in [3.63, 3.8) is 0 Å². The van der Waals surface area contributed by atoms with Crippen molar-refractivity contribution >= 4 is 5.91 Å². The van der Waals surface area contributed by atoms with Crippen LogP contribution in [0.2, 0.25) is 0 Å². The van der Waals surface area contributed by atoms with Gasteiger partial charge >= 0.3 is 6.01 Å². The molecule has 8 nitrogen and oxygen atoms in total. The summed E-state index contributed by atoms with van der Waals surface area (Å²) in [6, 6.07) is 0.286. The summed E-state index contributed by atoms with van der Waals surface area (Å²) in [5.74, 6) is 2.60. The lowest BCUT2D eigenvalue weighted by atomic mass is 9.95. The zero-order valence-electron chi connectivity index (χ0n) is 15.3. The quantitative estimate of drug-likeness (QED) is 0.833. The molecule has 0 spiro atoms. The molecule has 0 radical (unpaired) electrons. The smallest absolute Gasteiger partial charge is 0.316 e. The normalized spacial score (nSPS) is 17.8. The second-order valence-corrected chi connectivity index (χ2v) is 7.01. The second-order valence-electron chi connectivity index (χ2n) is 7.01. The van der Waals surface area contributed by atoms with Crippen LogP contribution < -0.4 is 4.74 Å². The average molecular weight is 356 g/mol. The van der Waals surface area contributed by atoms with Gasteiger partial charge in [0.25, 0.3) is 5.91 Å². The van der Waals surface area contributed by atoms with E-state index in [0.717, 1.165) is 50.5 Å². The van der Waals surface area contributed by atoms with Crippen molar-refractivity contribution in [2.24, 2.45) is 0 Å². The number of fused-ring (bicyclic) bond motifs is 1. The summed E-state index contributed by atoms with van der Waals surface area (Å²) in [5, 5.41) is 8.82. The number of piperidine rings is 1. The number of methoxy groups -OCH3 is 1. The highest BCUT2D eigenvalue weighted by molar-refractivity contribution is 5.95. The summed E-state index contributed by atoms with van der Waals surface area (Å²) < 4.78 is 7.31. The standard InChI is InChI=1S/C18H24N6O2/c1-12-14(11-19-18(20-12)26-2)17(25)23-9-6-13(7-10-23)16-22-21-15-5-3-4-8-24(15)16/h11,13H,3-10H2,1-2H3. The molecule has 4 rings (SSSR count). The maximum absolute atomic E-state index is 12.8. The molecule has 1 fully saturated rings. The van der Waals surface area contributed by atoms with Gasteiger partial charge in [-0.25, -0.2) is 4.98 Å². The van der Waals surface area contributed by atoms with Crippen LogP contribution >= 0.6 is 0 Å². The molecule has 26 heavy (non-hydrogen) atoms. The van der Waals surface area contributed by atoms with Gasteiger partial charge in [-0.05, 0) is 32.6 Å². The van der Waals surface area contributed by atoms with Crippen LogP contribution in [0.25, 0.3) is 0 Å². The summed E-state index contributed by atoms with van der Waals surface area (Å²) in [6.45, 7) is 4.28. The third-order valence-corrected chi connectivity index (χ3v) is 5.41. The predicted molar refractivity (Wildman–Crippen MR) is 94.2 cm³/mol. The Labute approximate surface area is 152 Å². The molecular weight excluding hydrogens is 332 g/mol. The van der Waals surface area contributed by atoms with E-state index in [1.165, 1.54) is 20.0 Å². The minimum atomic E-state index is -0.00752. The number of carbonyl (C=O) groups excluding carboxylic acids is 1. The van der Waals surface area contributed by atoms with E-state index in [1.807, 2.05) is 11.8 Å². The van der Waals surface area contributed by atoms with Crippen molar-refractivity contribution < 1.29 is 9.53 Å². The Balaban J connectivity index is 1.43. The Kier molecular flexibility index (Phi) is 4.57. The number of amides is 1. The highest BCUT2D eigenvalue weighted by atomic mass is 16.5. The summed E-state index contributed by atoms with van der Waals surface area (Å²) in [7, 11) is 1.52. The van der Waals surface area contributed by atoms with E-state index < -0.39 is 0 Å². The van der Waals surface area contributed by atoms with Crippen molar-refractivity contribution in [3.8, 4) is 6.01 Å². The highest BCUT2D eigenvalue weighted by Crippen LogP contribution is 2.29. The molecule has 0 N–H and O–H groups in total. The number of carbonyl (C=O) groups is 1. The topological polar surface area (TPSA) is 86.0 Å². The van der Waals surface area contributed by atoms with Gasteiger partial charge in [-0.2, -0.15) is 4.98 Å². The second kappa shape index (κ2) is 7.01. The molecule has 1 amide bonds. The monoisotopic (exact) mass is 356 g/mol. The molecule has 138 valence electrons. The summed E-state index contributed by atoms with van der Waals surface area (Å²) >= 11 is 0. The molecule has 2 aromatic rings. The maximum atomic E-state index is 12.8. The number of ether oxygens (including phenoxy) is 1. The molecule has 8 heteroatoms. The first-order valence-electron chi connectivity index (χ1n) is 9.26. The van der Waals surface area contributed by atoms with Crippen LogP contribution in [0.3, 0.4) is 0 Å². The third-order valence-electron chi connectivity index (χ3n) is 5.41. The average Bonchev–Trinajstić information content (AvgIpc) is 3.11. The maximum Gasteiger partial charge on any atom is 0.316 e. The van der Waals surface area contributed by atoms with E-state index in [0.29, 0.717) is 17.2 Å². The molecule has 0 aromatic carbocycles. The molecular formula is C18H24N6O2. The lowest BCUT2D eigenvalue weighted by molar-refractivity contribution is 0.0708. The van der Waals surface area contributed by atoms with Gasteiger partial charge in [-0.15, -0.1) is 10.2 Å². The zero-order chi connectivity index (χ0) is 18.1. The molecule has 0 saturated carbocycles. The van der Waals surface area contributed by atoms with Crippen molar-refractivity contribution in [1.82, 2.24) is 29.6 Å². The van der Waals surface area contributed by atoms with Crippen molar-refractivity contribution in [1.29, 1.82) is 0 Å². The van der Waals surface area contributed by atoms with Crippen molar-refractivity contribution in [3.05, 3.63) is 29.1 Å². The van der Waals surface area contributed by atoms with Crippen LogP contribution in [-0.2, 0) is 13.0 Å². The lowest BCUT2D eigenvalue weighted by Crippen LogP contribution is -2.39. The number of hydrogen-bond acceptors (Lipinski definition) is 6. The third kappa shape index (κ3) is 3.04. The molecule has 2 aliphatic heterocycles. The Morgan fingerprint density at radius 2 is 2.00 bits per heavy atom. The minimum absolute atomic E-state index is 0.00752. The van der Waals surface area contributed by atoms with Gasteiger partial charge in [0, 0.05) is 38.2 Å². The predicted octanol–water partition coefficient (Wildman–Crippen LogP) is 1.74. The minimum Gasteiger partial charge on any atom is -0.467 e. The van der Waals surface area contributed by atoms with Crippen LogP contribution in [0.5, 0.6) is 6.01 Å². The van der Waals surface area contributed by atoms with Gasteiger partial charge in [0.05, 0.1) is 18.4 Å². The van der Waals surface area contributed by atoms with Crippen LogP contribution in [0, 0.1) is 6.92 Å². The van der Waals surface area contributed by atoms with Gasteiger partial charge in [0.1, 0.15) is 11.6 Å². The fraction of sp³-hybridized carbons (Fsp3) is 0.611. The van der Waals surface area contributed by atoms with E-state index in [-0.39, 0.29) is 11.9 Å². The largest absolute Gasteiger partial charge is 0.467 e. The van der Waals surface area contributed by atoms with E-state index in [4.69, 9.17) is 4.74 Å². The van der Waals surface area contributed by atoms with Crippen LogP contribution in [0.4, 0.5) is 0 Å². The van der Waals surface area contributed by atoms with Gasteiger partial charge < -0.3 is 14.2 Å². The Bertz CT molecular complexity index is 810. The highest BCUT2D eigenvalue weighted by Gasteiger charge is 2.29. The van der Waals surface area contributed by atoms with E-state index in [2.05, 4.69) is 24.7 Å². The van der Waals surface area contributed by atoms with Gasteiger partial charge in [-0.3, -0.25) is 4.79 Å².